The van der Waals surface area contributed by atoms with Gasteiger partial charge >= 0.3 is 0 Å². The summed E-state index contributed by atoms with van der Waals surface area (Å²) in [5, 5.41) is 7.60. The van der Waals surface area contributed by atoms with E-state index in [0.29, 0.717) is 11.7 Å². The Morgan fingerprint density at radius 2 is 2.09 bits per heavy atom. The topological polar surface area (TPSA) is 93.8 Å². The van der Waals surface area contributed by atoms with Gasteiger partial charge in [-0.1, -0.05) is 5.16 Å². The average molecular weight is 297 g/mol. The van der Waals surface area contributed by atoms with Crippen LogP contribution in [-0.2, 0) is 10.3 Å². The lowest BCUT2D eigenvalue weighted by atomic mass is 10.1. The number of carbonyl (C=O) groups excluding carboxylic acids is 1. The summed E-state index contributed by atoms with van der Waals surface area (Å²) >= 11 is 0. The molecule has 0 aliphatic heterocycles. The van der Waals surface area contributed by atoms with Crippen molar-refractivity contribution < 1.29 is 9.32 Å². The standard InChI is InChI=1S/C15H15N5O2/c1-9(21)19-15(2,3)14-18-13(22-20-14)10-4-7-17-12-5-6-16-8-11(10)12/h4-8H,1-3H3,(H,19,21). The largest absolute Gasteiger partial charge is 0.344 e. The van der Waals surface area contributed by atoms with Crippen molar-refractivity contribution in [3.63, 3.8) is 0 Å². The van der Waals surface area contributed by atoms with Crippen molar-refractivity contribution in [3.8, 4) is 11.5 Å². The number of hydrogen-bond donors (Lipinski definition) is 1. The van der Waals surface area contributed by atoms with Gasteiger partial charge in [-0.15, -0.1) is 0 Å². The molecule has 0 bridgehead atoms. The van der Waals surface area contributed by atoms with E-state index in [-0.39, 0.29) is 5.91 Å². The van der Waals surface area contributed by atoms with Crippen molar-refractivity contribution in [1.82, 2.24) is 25.4 Å². The summed E-state index contributed by atoms with van der Waals surface area (Å²) in [6, 6.07) is 3.62. The predicted molar refractivity (Wildman–Crippen MR) is 79.7 cm³/mol. The molecule has 3 aromatic rings. The summed E-state index contributed by atoms with van der Waals surface area (Å²) in [5.41, 5.74) is 0.845. The molecule has 0 aromatic carbocycles. The van der Waals surface area contributed by atoms with Gasteiger partial charge in [-0.3, -0.25) is 14.8 Å². The molecular weight excluding hydrogens is 282 g/mol. The molecule has 0 saturated heterocycles. The SMILES string of the molecule is CC(=O)NC(C)(C)c1noc(-c2ccnc3ccncc23)n1. The first-order chi connectivity index (χ1) is 10.5. The van der Waals surface area contributed by atoms with Crippen LogP contribution in [-0.4, -0.2) is 26.0 Å². The second kappa shape index (κ2) is 5.18. The summed E-state index contributed by atoms with van der Waals surface area (Å²) in [6.07, 6.45) is 5.07. The molecule has 0 saturated carbocycles. The zero-order chi connectivity index (χ0) is 15.7. The van der Waals surface area contributed by atoms with Crippen LogP contribution in [0.4, 0.5) is 0 Å². The minimum atomic E-state index is -0.714. The molecule has 0 fully saturated rings. The van der Waals surface area contributed by atoms with Crippen LogP contribution in [0.2, 0.25) is 0 Å². The lowest BCUT2D eigenvalue weighted by Crippen LogP contribution is -2.40. The Labute approximate surface area is 126 Å². The number of nitrogens with one attached hydrogen (secondary N) is 1. The van der Waals surface area contributed by atoms with Crippen LogP contribution < -0.4 is 5.32 Å². The van der Waals surface area contributed by atoms with E-state index in [9.17, 15) is 4.79 Å². The number of fused-ring (bicyclic) bond motifs is 1. The molecule has 112 valence electrons. The van der Waals surface area contributed by atoms with Gasteiger partial charge in [0.05, 0.1) is 16.6 Å². The van der Waals surface area contributed by atoms with Crippen LogP contribution in [0.25, 0.3) is 22.4 Å². The molecule has 1 amide bonds. The number of carbonyl (C=O) groups is 1. The van der Waals surface area contributed by atoms with Crippen LogP contribution in [0.5, 0.6) is 0 Å². The van der Waals surface area contributed by atoms with Crippen LogP contribution in [0, 0.1) is 0 Å². The number of nitrogens with zero attached hydrogens (tertiary/aromatic N) is 4. The summed E-state index contributed by atoms with van der Waals surface area (Å²) in [7, 11) is 0. The Kier molecular flexibility index (Phi) is 3.32. The van der Waals surface area contributed by atoms with Gasteiger partial charge in [0, 0.05) is 30.9 Å². The zero-order valence-corrected chi connectivity index (χ0v) is 12.5. The van der Waals surface area contributed by atoms with Gasteiger partial charge in [0.25, 0.3) is 5.89 Å². The highest BCUT2D eigenvalue weighted by Crippen LogP contribution is 2.27. The highest BCUT2D eigenvalue weighted by Gasteiger charge is 2.28. The first kappa shape index (κ1) is 14.1. The van der Waals surface area contributed by atoms with Crippen molar-refractivity contribution in [2.24, 2.45) is 0 Å². The molecule has 3 heterocycles. The van der Waals surface area contributed by atoms with Crippen LogP contribution >= 0.6 is 0 Å². The van der Waals surface area contributed by atoms with Crippen molar-refractivity contribution in [2.75, 3.05) is 0 Å². The molecule has 7 nitrogen and oxygen atoms in total. The second-order valence-corrected chi connectivity index (χ2v) is 5.48. The monoisotopic (exact) mass is 297 g/mol. The molecule has 0 aliphatic rings. The highest BCUT2D eigenvalue weighted by atomic mass is 16.5. The maximum atomic E-state index is 11.3. The summed E-state index contributed by atoms with van der Waals surface area (Å²) < 4.78 is 5.36. The van der Waals surface area contributed by atoms with E-state index >= 15 is 0 Å². The van der Waals surface area contributed by atoms with E-state index in [2.05, 4.69) is 25.4 Å². The maximum absolute atomic E-state index is 11.3. The van der Waals surface area contributed by atoms with E-state index in [4.69, 9.17) is 4.52 Å². The molecule has 0 aliphatic carbocycles. The fourth-order valence-electron chi connectivity index (χ4n) is 2.26. The third kappa shape index (κ3) is 2.52. The molecule has 0 unspecified atom stereocenters. The Bertz CT molecular complexity index is 835. The molecule has 7 heteroatoms. The van der Waals surface area contributed by atoms with Crippen LogP contribution in [0.15, 0.2) is 35.2 Å². The first-order valence-corrected chi connectivity index (χ1v) is 6.79. The molecule has 0 atom stereocenters. The van der Waals surface area contributed by atoms with E-state index in [1.807, 2.05) is 19.9 Å². The van der Waals surface area contributed by atoms with Gasteiger partial charge < -0.3 is 9.84 Å². The smallest absolute Gasteiger partial charge is 0.258 e. The van der Waals surface area contributed by atoms with Gasteiger partial charge in [0.2, 0.25) is 5.91 Å². The van der Waals surface area contributed by atoms with Gasteiger partial charge in [0.1, 0.15) is 0 Å². The fourth-order valence-corrected chi connectivity index (χ4v) is 2.26. The number of hydrogen-bond acceptors (Lipinski definition) is 6. The van der Waals surface area contributed by atoms with E-state index in [1.165, 1.54) is 6.92 Å². The van der Waals surface area contributed by atoms with Crippen molar-refractivity contribution >= 4 is 16.8 Å². The molecule has 0 radical (unpaired) electrons. The molecular formula is C15H15N5O2. The number of amides is 1. The minimum absolute atomic E-state index is 0.157. The van der Waals surface area contributed by atoms with Gasteiger partial charge in [-0.2, -0.15) is 4.98 Å². The highest BCUT2D eigenvalue weighted by molar-refractivity contribution is 5.91. The summed E-state index contributed by atoms with van der Waals surface area (Å²) in [6.45, 7) is 5.08. The first-order valence-electron chi connectivity index (χ1n) is 6.79. The van der Waals surface area contributed by atoms with Gasteiger partial charge in [0.15, 0.2) is 5.82 Å². The number of rotatable bonds is 3. The lowest BCUT2D eigenvalue weighted by molar-refractivity contribution is -0.120. The van der Waals surface area contributed by atoms with Crippen LogP contribution in [0.1, 0.15) is 26.6 Å². The Morgan fingerprint density at radius 3 is 2.86 bits per heavy atom. The number of aromatic nitrogens is 4. The van der Waals surface area contributed by atoms with Gasteiger partial charge in [-0.25, -0.2) is 0 Å². The summed E-state index contributed by atoms with van der Waals surface area (Å²) in [5.74, 6) is 0.621. The third-order valence-corrected chi connectivity index (χ3v) is 3.25. The zero-order valence-electron chi connectivity index (χ0n) is 12.5. The fraction of sp³-hybridized carbons (Fsp3) is 0.267. The third-order valence-electron chi connectivity index (χ3n) is 3.25. The lowest BCUT2D eigenvalue weighted by Gasteiger charge is -2.20. The molecule has 22 heavy (non-hydrogen) atoms. The van der Waals surface area contributed by atoms with Gasteiger partial charge in [-0.05, 0) is 26.0 Å². The normalized spacial score (nSPS) is 11.6. The molecule has 3 rings (SSSR count). The second-order valence-electron chi connectivity index (χ2n) is 5.48. The van der Waals surface area contributed by atoms with Crippen molar-refractivity contribution in [1.29, 1.82) is 0 Å². The van der Waals surface area contributed by atoms with E-state index in [1.54, 1.807) is 24.7 Å². The van der Waals surface area contributed by atoms with E-state index < -0.39 is 5.54 Å². The molecule has 3 aromatic heterocycles. The minimum Gasteiger partial charge on any atom is -0.344 e. The molecule has 1 N–H and O–H groups in total. The quantitative estimate of drug-likeness (QED) is 0.795. The molecule has 0 spiro atoms. The Balaban J connectivity index is 2.05. The average Bonchev–Trinajstić information content (AvgIpc) is 2.96. The number of pyridine rings is 2. The summed E-state index contributed by atoms with van der Waals surface area (Å²) in [4.78, 5) is 24.1. The predicted octanol–water partition coefficient (Wildman–Crippen LogP) is 2.05. The van der Waals surface area contributed by atoms with Crippen molar-refractivity contribution in [2.45, 2.75) is 26.3 Å². The van der Waals surface area contributed by atoms with Crippen LogP contribution in [0.3, 0.4) is 0 Å². The maximum Gasteiger partial charge on any atom is 0.258 e. The Morgan fingerprint density at radius 1 is 1.27 bits per heavy atom. The Hall–Kier alpha value is -2.83. The van der Waals surface area contributed by atoms with Crippen molar-refractivity contribution in [3.05, 3.63) is 36.5 Å². The van der Waals surface area contributed by atoms with E-state index in [0.717, 1.165) is 16.5 Å².